The number of hydrogen-bond acceptors (Lipinski definition) is 3. The van der Waals surface area contributed by atoms with Crippen molar-refractivity contribution in [2.45, 2.75) is 38.4 Å². The topological polar surface area (TPSA) is 67.2 Å². The lowest BCUT2D eigenvalue weighted by atomic mass is 9.95. The molecule has 1 fully saturated rings. The SMILES string of the molecule is O=C(NC1CCN(Cc2ccc(F)cc2)C1=O)C1CCn2cncc2C1. The monoisotopic (exact) mass is 356 g/mol. The van der Waals surface area contributed by atoms with Crippen LogP contribution in [-0.4, -0.2) is 38.9 Å². The highest BCUT2D eigenvalue weighted by Gasteiger charge is 2.34. The van der Waals surface area contributed by atoms with Gasteiger partial charge in [-0.15, -0.1) is 0 Å². The highest BCUT2D eigenvalue weighted by Crippen LogP contribution is 2.21. The third kappa shape index (κ3) is 3.34. The summed E-state index contributed by atoms with van der Waals surface area (Å²) in [7, 11) is 0. The normalized spacial score (nSPS) is 22.3. The molecule has 0 saturated carbocycles. The summed E-state index contributed by atoms with van der Waals surface area (Å²) in [5.41, 5.74) is 1.94. The zero-order valence-corrected chi connectivity index (χ0v) is 14.4. The second-order valence-corrected chi connectivity index (χ2v) is 7.00. The Bertz CT molecular complexity index is 817. The van der Waals surface area contributed by atoms with Crippen molar-refractivity contribution < 1.29 is 14.0 Å². The van der Waals surface area contributed by atoms with Gasteiger partial charge in [0.15, 0.2) is 0 Å². The first kappa shape index (κ1) is 16.8. The summed E-state index contributed by atoms with van der Waals surface area (Å²) < 4.78 is 15.1. The van der Waals surface area contributed by atoms with Crippen molar-refractivity contribution in [3.05, 3.63) is 53.9 Å². The van der Waals surface area contributed by atoms with Gasteiger partial charge in [-0.1, -0.05) is 12.1 Å². The maximum atomic E-state index is 13.0. The van der Waals surface area contributed by atoms with Crippen molar-refractivity contribution in [3.63, 3.8) is 0 Å². The van der Waals surface area contributed by atoms with Crippen LogP contribution in [0.1, 0.15) is 24.1 Å². The molecule has 4 rings (SSSR count). The minimum Gasteiger partial charge on any atom is -0.344 e. The second-order valence-electron chi connectivity index (χ2n) is 7.00. The number of hydrogen-bond donors (Lipinski definition) is 1. The van der Waals surface area contributed by atoms with E-state index in [9.17, 15) is 14.0 Å². The summed E-state index contributed by atoms with van der Waals surface area (Å²) in [4.78, 5) is 31.0. The molecule has 2 atom stereocenters. The average Bonchev–Trinajstić information content (AvgIpc) is 3.24. The number of nitrogens with zero attached hydrogens (tertiary/aromatic N) is 3. The van der Waals surface area contributed by atoms with Gasteiger partial charge in [0.1, 0.15) is 11.9 Å². The van der Waals surface area contributed by atoms with Gasteiger partial charge in [0.2, 0.25) is 11.8 Å². The van der Waals surface area contributed by atoms with Gasteiger partial charge < -0.3 is 14.8 Å². The maximum absolute atomic E-state index is 13.0. The van der Waals surface area contributed by atoms with E-state index in [-0.39, 0.29) is 23.5 Å². The number of carbonyl (C=O) groups is 2. The molecule has 2 aliphatic heterocycles. The Hall–Kier alpha value is -2.70. The molecule has 2 aromatic rings. The number of imidazole rings is 1. The van der Waals surface area contributed by atoms with Gasteiger partial charge in [0.25, 0.3) is 0 Å². The molecule has 0 bridgehead atoms. The lowest BCUT2D eigenvalue weighted by Crippen LogP contribution is -2.45. The predicted molar refractivity (Wildman–Crippen MR) is 92.4 cm³/mol. The van der Waals surface area contributed by atoms with Crippen LogP contribution in [0.15, 0.2) is 36.8 Å². The fourth-order valence-corrected chi connectivity index (χ4v) is 3.72. The van der Waals surface area contributed by atoms with Crippen molar-refractivity contribution in [1.82, 2.24) is 19.8 Å². The van der Waals surface area contributed by atoms with E-state index < -0.39 is 6.04 Å². The standard InChI is InChI=1S/C19H21FN4O2/c20-15-3-1-13(2-4-15)11-23-8-6-17(19(23)26)22-18(25)14-5-7-24-12-21-10-16(24)9-14/h1-4,10,12,14,17H,5-9,11H2,(H,22,25). The number of fused-ring (bicyclic) bond motifs is 1. The summed E-state index contributed by atoms with van der Waals surface area (Å²) >= 11 is 0. The maximum Gasteiger partial charge on any atom is 0.245 e. The van der Waals surface area contributed by atoms with Gasteiger partial charge in [0, 0.05) is 43.9 Å². The molecule has 2 aliphatic rings. The zero-order chi connectivity index (χ0) is 18.1. The molecule has 6 nitrogen and oxygen atoms in total. The van der Waals surface area contributed by atoms with E-state index in [4.69, 9.17) is 0 Å². The quantitative estimate of drug-likeness (QED) is 0.903. The summed E-state index contributed by atoms with van der Waals surface area (Å²) in [6.07, 6.45) is 5.61. The van der Waals surface area contributed by atoms with E-state index in [1.807, 2.05) is 0 Å². The van der Waals surface area contributed by atoms with Crippen LogP contribution >= 0.6 is 0 Å². The molecule has 1 aromatic carbocycles. The Morgan fingerprint density at radius 3 is 2.85 bits per heavy atom. The lowest BCUT2D eigenvalue weighted by molar-refractivity contribution is -0.134. The Kier molecular flexibility index (Phi) is 4.44. The number of aromatic nitrogens is 2. The minimum atomic E-state index is -0.463. The molecule has 26 heavy (non-hydrogen) atoms. The largest absolute Gasteiger partial charge is 0.344 e. The molecule has 7 heteroatoms. The Balaban J connectivity index is 1.33. The molecule has 0 spiro atoms. The summed E-state index contributed by atoms with van der Waals surface area (Å²) in [6, 6.07) is 5.68. The summed E-state index contributed by atoms with van der Waals surface area (Å²) in [6.45, 7) is 1.81. The molecule has 0 radical (unpaired) electrons. The summed E-state index contributed by atoms with van der Waals surface area (Å²) in [5, 5.41) is 2.93. The Labute approximate surface area is 151 Å². The minimum absolute atomic E-state index is 0.0561. The molecule has 2 unspecified atom stereocenters. The molecule has 1 aromatic heterocycles. The third-order valence-electron chi connectivity index (χ3n) is 5.24. The van der Waals surface area contributed by atoms with Crippen LogP contribution in [0.4, 0.5) is 4.39 Å². The van der Waals surface area contributed by atoms with Gasteiger partial charge in [-0.2, -0.15) is 0 Å². The first-order valence-electron chi connectivity index (χ1n) is 8.93. The molecule has 0 aliphatic carbocycles. The first-order chi connectivity index (χ1) is 12.6. The van der Waals surface area contributed by atoms with Gasteiger partial charge >= 0.3 is 0 Å². The van der Waals surface area contributed by atoms with Crippen molar-refractivity contribution in [2.75, 3.05) is 6.54 Å². The smallest absolute Gasteiger partial charge is 0.245 e. The van der Waals surface area contributed by atoms with Crippen LogP contribution in [0, 0.1) is 11.7 Å². The number of rotatable bonds is 4. The molecular formula is C19H21FN4O2. The van der Waals surface area contributed by atoms with Gasteiger partial charge in [-0.25, -0.2) is 9.37 Å². The summed E-state index contributed by atoms with van der Waals surface area (Å²) in [5.74, 6) is -0.526. The Morgan fingerprint density at radius 1 is 1.23 bits per heavy atom. The van der Waals surface area contributed by atoms with Crippen LogP contribution in [0.3, 0.4) is 0 Å². The van der Waals surface area contributed by atoms with Crippen LogP contribution in [0.2, 0.25) is 0 Å². The third-order valence-corrected chi connectivity index (χ3v) is 5.24. The number of likely N-dealkylation sites (tertiary alicyclic amines) is 1. The van der Waals surface area contributed by atoms with Crippen molar-refractivity contribution in [3.8, 4) is 0 Å². The zero-order valence-electron chi connectivity index (χ0n) is 14.4. The molecule has 1 N–H and O–H groups in total. The van der Waals surface area contributed by atoms with E-state index >= 15 is 0 Å². The van der Waals surface area contributed by atoms with Gasteiger partial charge in [0.05, 0.1) is 6.33 Å². The second kappa shape index (κ2) is 6.90. The highest BCUT2D eigenvalue weighted by atomic mass is 19.1. The number of carbonyl (C=O) groups excluding carboxylic acids is 2. The van der Waals surface area contributed by atoms with Gasteiger partial charge in [-0.3, -0.25) is 9.59 Å². The molecule has 2 amide bonds. The van der Waals surface area contributed by atoms with Crippen LogP contribution in [-0.2, 0) is 29.1 Å². The number of nitrogens with one attached hydrogen (secondary N) is 1. The molecular weight excluding hydrogens is 335 g/mol. The first-order valence-corrected chi connectivity index (χ1v) is 8.93. The number of amides is 2. The van der Waals surface area contributed by atoms with Crippen LogP contribution in [0.5, 0.6) is 0 Å². The molecule has 3 heterocycles. The Morgan fingerprint density at radius 2 is 2.04 bits per heavy atom. The van der Waals surface area contributed by atoms with E-state index in [0.29, 0.717) is 25.9 Å². The van der Waals surface area contributed by atoms with Crippen molar-refractivity contribution in [1.29, 1.82) is 0 Å². The van der Waals surface area contributed by atoms with Crippen molar-refractivity contribution in [2.24, 2.45) is 5.92 Å². The van der Waals surface area contributed by atoms with Crippen LogP contribution < -0.4 is 5.32 Å². The van der Waals surface area contributed by atoms with Crippen molar-refractivity contribution >= 4 is 11.8 Å². The van der Waals surface area contributed by atoms with E-state index in [1.165, 1.54) is 12.1 Å². The number of halogens is 1. The number of aryl methyl sites for hydroxylation is 1. The lowest BCUT2D eigenvalue weighted by Gasteiger charge is -2.24. The predicted octanol–water partition coefficient (Wildman–Crippen LogP) is 1.50. The average molecular weight is 356 g/mol. The van der Waals surface area contributed by atoms with Crippen LogP contribution in [0.25, 0.3) is 0 Å². The fraction of sp³-hybridized carbons (Fsp3) is 0.421. The van der Waals surface area contributed by atoms with Gasteiger partial charge in [-0.05, 0) is 30.5 Å². The van der Waals surface area contributed by atoms with E-state index in [1.54, 1.807) is 29.6 Å². The van der Waals surface area contributed by atoms with E-state index in [2.05, 4.69) is 14.9 Å². The fourth-order valence-electron chi connectivity index (χ4n) is 3.72. The molecule has 136 valence electrons. The highest BCUT2D eigenvalue weighted by molar-refractivity contribution is 5.90. The van der Waals surface area contributed by atoms with E-state index in [0.717, 1.165) is 24.2 Å². The number of benzene rings is 1. The molecule has 1 saturated heterocycles.